The smallest absolute Gasteiger partial charge is 0.313 e. The summed E-state index contributed by atoms with van der Waals surface area (Å²) in [7, 11) is -2.15. The molecule has 2 N–H and O–H groups in total. The summed E-state index contributed by atoms with van der Waals surface area (Å²) in [6.45, 7) is 3.13. The normalized spacial score (nSPS) is 12.4. The lowest BCUT2D eigenvalue weighted by molar-refractivity contribution is -0.142. The van der Waals surface area contributed by atoms with Crippen LogP contribution in [0, 0.1) is 0 Å². The molecule has 0 heterocycles. The quantitative estimate of drug-likeness (QED) is 0.841. The number of aliphatic carboxylic acids is 1. The molecule has 1 rings (SSSR count). The standard InChI is InChI=1S/C11H15NO4S/c1-11(2,10(13)14)8-4-6-9(7-5-8)17(15,16)12-3/h4-7,12H,1-3H3,(H,13,14). The van der Waals surface area contributed by atoms with Crippen molar-refractivity contribution in [2.45, 2.75) is 24.2 Å². The van der Waals surface area contributed by atoms with Crippen LogP contribution < -0.4 is 4.72 Å². The average Bonchev–Trinajstić information content (AvgIpc) is 2.29. The Morgan fingerprint density at radius 1 is 1.24 bits per heavy atom. The molecule has 5 nitrogen and oxygen atoms in total. The third kappa shape index (κ3) is 2.65. The van der Waals surface area contributed by atoms with Gasteiger partial charge in [-0.1, -0.05) is 12.1 Å². The van der Waals surface area contributed by atoms with E-state index in [1.54, 1.807) is 13.8 Å². The molecule has 0 atom stereocenters. The molecular formula is C11H15NO4S. The predicted molar refractivity (Wildman–Crippen MR) is 63.3 cm³/mol. The van der Waals surface area contributed by atoms with Crippen LogP contribution in [-0.2, 0) is 20.2 Å². The number of sulfonamides is 1. The lowest BCUT2D eigenvalue weighted by Crippen LogP contribution is -2.28. The second-order valence-corrected chi connectivity index (χ2v) is 6.05. The number of carboxylic acid groups (broad SMARTS) is 1. The Labute approximate surface area is 101 Å². The van der Waals surface area contributed by atoms with Crippen LogP contribution in [0.15, 0.2) is 29.2 Å². The Morgan fingerprint density at radius 3 is 2.06 bits per heavy atom. The summed E-state index contributed by atoms with van der Waals surface area (Å²) in [5, 5.41) is 9.04. The zero-order valence-electron chi connectivity index (χ0n) is 9.89. The van der Waals surface area contributed by atoms with Crippen LogP contribution in [-0.4, -0.2) is 26.5 Å². The van der Waals surface area contributed by atoms with Gasteiger partial charge in [-0.3, -0.25) is 4.79 Å². The summed E-state index contributed by atoms with van der Waals surface area (Å²) in [6, 6.07) is 5.81. The minimum absolute atomic E-state index is 0.116. The average molecular weight is 257 g/mol. The summed E-state index contributed by atoms with van der Waals surface area (Å²) >= 11 is 0. The maximum absolute atomic E-state index is 11.5. The Morgan fingerprint density at radius 2 is 1.71 bits per heavy atom. The molecule has 1 aromatic rings. The molecular weight excluding hydrogens is 242 g/mol. The molecule has 1 aromatic carbocycles. The van der Waals surface area contributed by atoms with E-state index in [4.69, 9.17) is 5.11 Å². The van der Waals surface area contributed by atoms with E-state index in [1.807, 2.05) is 0 Å². The number of carboxylic acids is 1. The predicted octanol–water partition coefficient (Wildman–Crippen LogP) is 0.957. The number of hydrogen-bond donors (Lipinski definition) is 2. The van der Waals surface area contributed by atoms with Crippen LogP contribution >= 0.6 is 0 Å². The molecule has 0 bridgehead atoms. The highest BCUT2D eigenvalue weighted by atomic mass is 32.2. The molecule has 0 aliphatic heterocycles. The molecule has 0 aliphatic rings. The lowest BCUT2D eigenvalue weighted by atomic mass is 9.85. The highest BCUT2D eigenvalue weighted by Gasteiger charge is 2.29. The van der Waals surface area contributed by atoms with Gasteiger partial charge in [-0.25, -0.2) is 13.1 Å². The Bertz CT molecular complexity index is 517. The number of benzene rings is 1. The molecule has 0 radical (unpaired) electrons. The van der Waals surface area contributed by atoms with Crippen molar-refractivity contribution < 1.29 is 18.3 Å². The van der Waals surface area contributed by atoms with Gasteiger partial charge in [-0.05, 0) is 38.6 Å². The fraction of sp³-hybridized carbons (Fsp3) is 0.364. The highest BCUT2D eigenvalue weighted by molar-refractivity contribution is 7.89. The van der Waals surface area contributed by atoms with Crippen LogP contribution in [0.25, 0.3) is 0 Å². The highest BCUT2D eigenvalue weighted by Crippen LogP contribution is 2.24. The van der Waals surface area contributed by atoms with Gasteiger partial charge in [-0.2, -0.15) is 0 Å². The van der Waals surface area contributed by atoms with Gasteiger partial charge in [0.25, 0.3) is 0 Å². The van der Waals surface area contributed by atoms with E-state index in [-0.39, 0.29) is 4.90 Å². The van der Waals surface area contributed by atoms with Crippen LogP contribution in [0.4, 0.5) is 0 Å². The van der Waals surface area contributed by atoms with Gasteiger partial charge in [0.05, 0.1) is 10.3 Å². The monoisotopic (exact) mass is 257 g/mol. The molecule has 0 fully saturated rings. The van der Waals surface area contributed by atoms with Crippen LogP contribution in [0.3, 0.4) is 0 Å². The first-order valence-corrected chi connectivity index (χ1v) is 6.47. The van der Waals surface area contributed by atoms with Crippen LogP contribution in [0.1, 0.15) is 19.4 Å². The van der Waals surface area contributed by atoms with Crippen molar-refractivity contribution in [2.24, 2.45) is 0 Å². The van der Waals surface area contributed by atoms with Gasteiger partial charge in [0.1, 0.15) is 0 Å². The van der Waals surface area contributed by atoms with Crippen molar-refractivity contribution in [2.75, 3.05) is 7.05 Å². The molecule has 0 spiro atoms. The van der Waals surface area contributed by atoms with E-state index < -0.39 is 21.4 Å². The first-order valence-electron chi connectivity index (χ1n) is 4.99. The summed E-state index contributed by atoms with van der Waals surface area (Å²) in [4.78, 5) is 11.1. The molecule has 94 valence electrons. The topological polar surface area (TPSA) is 83.5 Å². The number of rotatable bonds is 4. The van der Waals surface area contributed by atoms with Crippen molar-refractivity contribution in [1.29, 1.82) is 0 Å². The summed E-state index contributed by atoms with van der Waals surface area (Å²) in [5.41, 5.74) is -0.484. The van der Waals surface area contributed by atoms with Crippen molar-refractivity contribution >= 4 is 16.0 Å². The van der Waals surface area contributed by atoms with E-state index in [9.17, 15) is 13.2 Å². The number of hydrogen-bond acceptors (Lipinski definition) is 3. The van der Waals surface area contributed by atoms with Crippen LogP contribution in [0.2, 0.25) is 0 Å². The third-order valence-corrected chi connectivity index (χ3v) is 4.12. The molecule has 0 amide bonds. The SMILES string of the molecule is CNS(=O)(=O)c1ccc(C(C)(C)C(=O)O)cc1. The van der Waals surface area contributed by atoms with Crippen LogP contribution in [0.5, 0.6) is 0 Å². The lowest BCUT2D eigenvalue weighted by Gasteiger charge is -2.19. The third-order valence-electron chi connectivity index (χ3n) is 2.69. The maximum Gasteiger partial charge on any atom is 0.313 e. The Kier molecular flexibility index (Phi) is 3.59. The van der Waals surface area contributed by atoms with Gasteiger partial charge in [0.15, 0.2) is 0 Å². The zero-order chi connectivity index (χ0) is 13.3. The molecule has 0 saturated heterocycles. The second kappa shape index (κ2) is 4.46. The molecule has 6 heteroatoms. The zero-order valence-corrected chi connectivity index (χ0v) is 10.7. The first-order chi connectivity index (χ1) is 7.71. The Balaban J connectivity index is 3.18. The van der Waals surface area contributed by atoms with E-state index >= 15 is 0 Å². The van der Waals surface area contributed by atoms with Gasteiger partial charge in [0, 0.05) is 0 Å². The van der Waals surface area contributed by atoms with E-state index in [0.717, 1.165) is 0 Å². The summed E-state index contributed by atoms with van der Waals surface area (Å²) in [6.07, 6.45) is 0. The molecule has 0 aromatic heterocycles. The molecule has 0 aliphatic carbocycles. The second-order valence-electron chi connectivity index (χ2n) is 4.16. The van der Waals surface area contributed by atoms with E-state index in [0.29, 0.717) is 5.56 Å². The summed E-state index contributed by atoms with van der Waals surface area (Å²) < 4.78 is 25.1. The van der Waals surface area contributed by atoms with Gasteiger partial charge < -0.3 is 5.11 Å². The molecule has 17 heavy (non-hydrogen) atoms. The van der Waals surface area contributed by atoms with Crippen molar-refractivity contribution in [3.8, 4) is 0 Å². The first kappa shape index (κ1) is 13.7. The van der Waals surface area contributed by atoms with Crippen molar-refractivity contribution in [1.82, 2.24) is 4.72 Å². The molecule has 0 unspecified atom stereocenters. The fourth-order valence-electron chi connectivity index (χ4n) is 1.29. The minimum Gasteiger partial charge on any atom is -0.481 e. The molecule has 0 saturated carbocycles. The van der Waals surface area contributed by atoms with E-state index in [2.05, 4.69) is 4.72 Å². The fourth-order valence-corrected chi connectivity index (χ4v) is 2.02. The number of nitrogens with one attached hydrogen (secondary N) is 1. The van der Waals surface area contributed by atoms with Gasteiger partial charge in [-0.15, -0.1) is 0 Å². The van der Waals surface area contributed by atoms with E-state index in [1.165, 1.54) is 31.3 Å². The van der Waals surface area contributed by atoms with Gasteiger partial charge in [0.2, 0.25) is 10.0 Å². The summed E-state index contributed by atoms with van der Waals surface area (Å²) in [5.74, 6) is -0.957. The number of carbonyl (C=O) groups is 1. The minimum atomic E-state index is -3.48. The maximum atomic E-state index is 11.5. The van der Waals surface area contributed by atoms with Crippen molar-refractivity contribution in [3.63, 3.8) is 0 Å². The largest absolute Gasteiger partial charge is 0.481 e. The van der Waals surface area contributed by atoms with Crippen molar-refractivity contribution in [3.05, 3.63) is 29.8 Å². The Hall–Kier alpha value is -1.40. The van der Waals surface area contributed by atoms with Gasteiger partial charge >= 0.3 is 5.97 Å².